The van der Waals surface area contributed by atoms with Gasteiger partial charge in [0.1, 0.15) is 5.82 Å². The second-order valence-corrected chi connectivity index (χ2v) is 5.34. The summed E-state index contributed by atoms with van der Waals surface area (Å²) in [5.41, 5.74) is 0.567. The molecule has 1 N–H and O–H groups in total. The summed E-state index contributed by atoms with van der Waals surface area (Å²) >= 11 is 7.36. The molecule has 17 heavy (non-hydrogen) atoms. The Morgan fingerprint density at radius 2 is 2.06 bits per heavy atom. The maximum atomic E-state index is 13.8. The van der Waals surface area contributed by atoms with Crippen molar-refractivity contribution in [3.63, 3.8) is 0 Å². The van der Waals surface area contributed by atoms with Crippen molar-refractivity contribution in [3.05, 3.63) is 46.0 Å². The summed E-state index contributed by atoms with van der Waals surface area (Å²) in [7, 11) is 1.91. The molecule has 0 spiro atoms. The predicted molar refractivity (Wildman–Crippen MR) is 72.2 cm³/mol. The number of hydrogen-bond donors (Lipinski definition) is 1. The first kappa shape index (κ1) is 12.6. The molecule has 1 unspecified atom stereocenters. The number of hydrogen-bond acceptors (Lipinski definition) is 2. The Balaban J connectivity index is 2.40. The topological polar surface area (TPSA) is 12.0 Å². The van der Waals surface area contributed by atoms with Crippen LogP contribution in [-0.4, -0.2) is 7.05 Å². The fourth-order valence-corrected chi connectivity index (χ4v) is 2.83. The van der Waals surface area contributed by atoms with E-state index in [1.165, 1.54) is 4.88 Å². The van der Waals surface area contributed by atoms with Crippen molar-refractivity contribution in [3.8, 4) is 10.4 Å². The predicted octanol–water partition coefficient (Wildman–Crippen LogP) is 4.49. The monoisotopic (exact) mass is 269 g/mol. The van der Waals surface area contributed by atoms with Crippen molar-refractivity contribution in [2.24, 2.45) is 0 Å². The van der Waals surface area contributed by atoms with Crippen LogP contribution in [0, 0.1) is 5.82 Å². The molecule has 1 heterocycles. The minimum atomic E-state index is -0.348. The number of halogens is 2. The fourth-order valence-electron chi connectivity index (χ4n) is 1.57. The first-order valence-corrected chi connectivity index (χ1v) is 6.54. The minimum Gasteiger partial charge on any atom is -0.313 e. The third-order valence-electron chi connectivity index (χ3n) is 2.70. The molecule has 0 bridgehead atoms. The van der Waals surface area contributed by atoms with Gasteiger partial charge < -0.3 is 5.32 Å². The fraction of sp³-hybridized carbons (Fsp3) is 0.231. The highest BCUT2D eigenvalue weighted by Gasteiger charge is 2.12. The number of thiophene rings is 1. The molecule has 0 fully saturated rings. The second kappa shape index (κ2) is 5.17. The highest BCUT2D eigenvalue weighted by molar-refractivity contribution is 7.15. The molecule has 0 aliphatic heterocycles. The molecule has 1 aromatic heterocycles. The summed E-state index contributed by atoms with van der Waals surface area (Å²) in [5.74, 6) is -0.348. The molecule has 0 radical (unpaired) electrons. The standard InChI is InChI=1S/C13H13ClFNS/c1-8(16-2)11-6-7-12(17-11)9-4-3-5-10(14)13(9)15/h3-8,16H,1-2H3. The van der Waals surface area contributed by atoms with Gasteiger partial charge in [0.2, 0.25) is 0 Å². The molecule has 1 nitrogen and oxygen atoms in total. The highest BCUT2D eigenvalue weighted by atomic mass is 35.5. The molecule has 90 valence electrons. The van der Waals surface area contributed by atoms with Gasteiger partial charge in [-0.15, -0.1) is 11.3 Å². The molecule has 0 aliphatic rings. The van der Waals surface area contributed by atoms with Gasteiger partial charge >= 0.3 is 0 Å². The van der Waals surface area contributed by atoms with E-state index in [1.54, 1.807) is 29.5 Å². The lowest BCUT2D eigenvalue weighted by molar-refractivity contribution is 0.632. The lowest BCUT2D eigenvalue weighted by Crippen LogP contribution is -2.10. The third kappa shape index (κ3) is 2.51. The van der Waals surface area contributed by atoms with Crippen LogP contribution in [0.25, 0.3) is 10.4 Å². The summed E-state index contributed by atoms with van der Waals surface area (Å²) in [4.78, 5) is 2.09. The van der Waals surface area contributed by atoms with Crippen LogP contribution in [0.2, 0.25) is 5.02 Å². The molecular weight excluding hydrogens is 257 g/mol. The average molecular weight is 270 g/mol. The summed E-state index contributed by atoms with van der Waals surface area (Å²) < 4.78 is 13.8. The van der Waals surface area contributed by atoms with Crippen LogP contribution in [0.4, 0.5) is 4.39 Å². The Bertz CT molecular complexity index is 524. The lowest BCUT2D eigenvalue weighted by atomic mass is 10.2. The summed E-state index contributed by atoms with van der Waals surface area (Å²) in [5, 5.41) is 3.33. The molecule has 2 rings (SSSR count). The van der Waals surface area contributed by atoms with Crippen LogP contribution in [0.1, 0.15) is 17.8 Å². The normalized spacial score (nSPS) is 12.7. The Labute approximate surface area is 109 Å². The molecule has 0 amide bonds. The molecular formula is C13H13ClFNS. The quantitative estimate of drug-likeness (QED) is 0.866. The zero-order valence-corrected chi connectivity index (χ0v) is 11.2. The van der Waals surface area contributed by atoms with Gasteiger partial charge in [0.05, 0.1) is 5.02 Å². The Morgan fingerprint density at radius 1 is 1.29 bits per heavy atom. The van der Waals surface area contributed by atoms with E-state index in [-0.39, 0.29) is 16.9 Å². The Kier molecular flexibility index (Phi) is 3.82. The summed E-state index contributed by atoms with van der Waals surface area (Å²) in [6.07, 6.45) is 0. The van der Waals surface area contributed by atoms with Gasteiger partial charge in [-0.05, 0) is 32.2 Å². The highest BCUT2D eigenvalue weighted by Crippen LogP contribution is 2.34. The van der Waals surface area contributed by atoms with Crippen molar-refractivity contribution in [2.75, 3.05) is 7.05 Å². The van der Waals surface area contributed by atoms with E-state index in [2.05, 4.69) is 12.2 Å². The van der Waals surface area contributed by atoms with Crippen molar-refractivity contribution in [1.29, 1.82) is 0 Å². The third-order valence-corrected chi connectivity index (χ3v) is 4.30. The Morgan fingerprint density at radius 3 is 2.76 bits per heavy atom. The van der Waals surface area contributed by atoms with Crippen molar-refractivity contribution in [1.82, 2.24) is 5.32 Å². The molecule has 0 saturated carbocycles. The largest absolute Gasteiger partial charge is 0.313 e. The smallest absolute Gasteiger partial charge is 0.150 e. The van der Waals surface area contributed by atoms with Crippen molar-refractivity contribution < 1.29 is 4.39 Å². The molecule has 0 aliphatic carbocycles. The van der Waals surface area contributed by atoms with Crippen molar-refractivity contribution in [2.45, 2.75) is 13.0 Å². The van der Waals surface area contributed by atoms with Crippen molar-refractivity contribution >= 4 is 22.9 Å². The van der Waals surface area contributed by atoms with Gasteiger partial charge in [-0.3, -0.25) is 0 Å². The van der Waals surface area contributed by atoms with E-state index in [4.69, 9.17) is 11.6 Å². The molecule has 0 saturated heterocycles. The SMILES string of the molecule is CNC(C)c1ccc(-c2cccc(Cl)c2F)s1. The van der Waals surface area contributed by atoms with Crippen LogP contribution in [0.15, 0.2) is 30.3 Å². The first-order valence-electron chi connectivity index (χ1n) is 5.35. The van der Waals surface area contributed by atoms with E-state index in [9.17, 15) is 4.39 Å². The van der Waals surface area contributed by atoms with Gasteiger partial charge in [-0.1, -0.05) is 23.7 Å². The Hall–Kier alpha value is -0.900. The van der Waals surface area contributed by atoms with Gasteiger partial charge in [0, 0.05) is 21.4 Å². The van der Waals surface area contributed by atoms with Gasteiger partial charge in [-0.2, -0.15) is 0 Å². The first-order chi connectivity index (χ1) is 8.13. The number of nitrogens with one attached hydrogen (secondary N) is 1. The number of rotatable bonds is 3. The molecule has 1 aromatic carbocycles. The zero-order valence-electron chi connectivity index (χ0n) is 9.63. The maximum Gasteiger partial charge on any atom is 0.150 e. The van der Waals surface area contributed by atoms with Crippen LogP contribution >= 0.6 is 22.9 Å². The minimum absolute atomic E-state index is 0.166. The van der Waals surface area contributed by atoms with E-state index in [0.717, 1.165) is 4.88 Å². The molecule has 1 atom stereocenters. The van der Waals surface area contributed by atoms with E-state index in [1.807, 2.05) is 19.2 Å². The number of benzene rings is 1. The molecule has 2 aromatic rings. The van der Waals surface area contributed by atoms with E-state index in [0.29, 0.717) is 5.56 Å². The summed E-state index contributed by atoms with van der Waals surface area (Å²) in [6, 6.07) is 9.30. The van der Waals surface area contributed by atoms with Gasteiger partial charge in [0.25, 0.3) is 0 Å². The summed E-state index contributed by atoms with van der Waals surface area (Å²) in [6.45, 7) is 2.07. The van der Waals surface area contributed by atoms with Crippen LogP contribution in [0.5, 0.6) is 0 Å². The van der Waals surface area contributed by atoms with Gasteiger partial charge in [0.15, 0.2) is 0 Å². The zero-order chi connectivity index (χ0) is 12.4. The van der Waals surface area contributed by atoms with Crippen LogP contribution in [0.3, 0.4) is 0 Å². The van der Waals surface area contributed by atoms with Gasteiger partial charge in [-0.25, -0.2) is 4.39 Å². The second-order valence-electron chi connectivity index (χ2n) is 3.81. The van der Waals surface area contributed by atoms with E-state index < -0.39 is 0 Å². The average Bonchev–Trinajstić information content (AvgIpc) is 2.81. The molecule has 4 heteroatoms. The lowest BCUT2D eigenvalue weighted by Gasteiger charge is -2.06. The maximum absolute atomic E-state index is 13.8. The van der Waals surface area contributed by atoms with Crippen LogP contribution < -0.4 is 5.32 Å². The van der Waals surface area contributed by atoms with E-state index >= 15 is 0 Å². The van der Waals surface area contributed by atoms with Crippen LogP contribution in [-0.2, 0) is 0 Å².